The minimum Gasteiger partial charge on any atom is -0.301 e. The van der Waals surface area contributed by atoms with Gasteiger partial charge in [0.25, 0.3) is 0 Å². The lowest BCUT2D eigenvalue weighted by Crippen LogP contribution is -2.58. The zero-order valence-corrected chi connectivity index (χ0v) is 22.9. The third kappa shape index (κ3) is 4.90. The summed E-state index contributed by atoms with van der Waals surface area (Å²) in [4.78, 5) is 5.69. The normalized spacial score (nSPS) is 44.1. The average Bonchev–Trinajstić information content (AvgIpc) is 2.78. The molecule has 0 unspecified atom stereocenters. The van der Waals surface area contributed by atoms with Crippen LogP contribution < -0.4 is 0 Å². The van der Waals surface area contributed by atoms with E-state index in [4.69, 9.17) is 0 Å². The molecule has 8 rings (SSSR count). The van der Waals surface area contributed by atoms with E-state index in [1.807, 2.05) is 0 Å². The number of hydrogen-bond donors (Lipinski definition) is 0. The van der Waals surface area contributed by atoms with Crippen molar-refractivity contribution in [3.05, 3.63) is 0 Å². The monoisotopic (exact) mass is 468 g/mol. The zero-order chi connectivity index (χ0) is 23.2. The molecule has 34 heavy (non-hydrogen) atoms. The molecular weight excluding hydrogens is 412 g/mol. The predicted octanol–water partition coefficient (Wildman–Crippen LogP) is 7.91. The smallest absolute Gasteiger partial charge is 0.0214 e. The topological polar surface area (TPSA) is 6.48 Å². The Kier molecular flexibility index (Phi) is 7.14. The first-order chi connectivity index (χ1) is 16.5. The van der Waals surface area contributed by atoms with Crippen molar-refractivity contribution >= 4 is 0 Å². The largest absolute Gasteiger partial charge is 0.301 e. The highest BCUT2D eigenvalue weighted by Gasteiger charge is 2.53. The minimum absolute atomic E-state index is 0.623. The van der Waals surface area contributed by atoms with Gasteiger partial charge in [0, 0.05) is 11.1 Å². The third-order valence-corrected chi connectivity index (χ3v) is 12.4. The van der Waals surface area contributed by atoms with E-state index in [9.17, 15) is 0 Å². The number of rotatable bonds is 13. The van der Waals surface area contributed by atoms with Gasteiger partial charge in [-0.05, 0) is 153 Å². The van der Waals surface area contributed by atoms with Gasteiger partial charge in [0.05, 0.1) is 0 Å². The summed E-state index contributed by atoms with van der Waals surface area (Å²) in [5.41, 5.74) is 1.25. The fourth-order valence-corrected chi connectivity index (χ4v) is 11.3. The average molecular weight is 469 g/mol. The molecule has 8 bridgehead atoms. The molecule has 0 aromatic carbocycles. The molecule has 2 heteroatoms. The molecule has 0 spiro atoms. The standard InChI is InChI=1S/C32H56N2/c1-33(31-19-25-13-26(20-31)15-27(14-25)21-31)11-9-7-5-3-4-6-8-10-12-34(2)32-22-28-16-29(23-32)18-30(17-28)24-32/h25-30H,3-24H2,1-2H3. The summed E-state index contributed by atoms with van der Waals surface area (Å²) in [7, 11) is 4.96. The van der Waals surface area contributed by atoms with Crippen LogP contribution in [-0.2, 0) is 0 Å². The van der Waals surface area contributed by atoms with Gasteiger partial charge in [-0.25, -0.2) is 0 Å². The molecule has 0 aromatic rings. The fraction of sp³-hybridized carbons (Fsp3) is 1.00. The van der Waals surface area contributed by atoms with Crippen LogP contribution in [0.15, 0.2) is 0 Å². The molecule has 194 valence electrons. The van der Waals surface area contributed by atoms with Gasteiger partial charge in [-0.2, -0.15) is 0 Å². The number of unbranched alkanes of at least 4 members (excludes halogenated alkanes) is 7. The molecule has 8 fully saturated rings. The van der Waals surface area contributed by atoms with E-state index < -0.39 is 0 Å². The van der Waals surface area contributed by atoms with Crippen LogP contribution in [0.1, 0.15) is 128 Å². The van der Waals surface area contributed by atoms with Crippen LogP contribution in [0.25, 0.3) is 0 Å². The number of hydrogen-bond acceptors (Lipinski definition) is 2. The van der Waals surface area contributed by atoms with Gasteiger partial charge in [0.2, 0.25) is 0 Å². The molecule has 2 nitrogen and oxygen atoms in total. The Balaban J connectivity index is 0.805. The molecular formula is C32H56N2. The lowest BCUT2D eigenvalue weighted by atomic mass is 9.52. The van der Waals surface area contributed by atoms with E-state index in [0.717, 1.165) is 35.5 Å². The first-order valence-corrected chi connectivity index (χ1v) is 15.9. The summed E-state index contributed by atoms with van der Waals surface area (Å²) in [6, 6.07) is 0. The molecule has 0 aliphatic heterocycles. The Morgan fingerprint density at radius 1 is 0.412 bits per heavy atom. The van der Waals surface area contributed by atoms with Crippen molar-refractivity contribution in [3.8, 4) is 0 Å². The van der Waals surface area contributed by atoms with Crippen molar-refractivity contribution in [1.82, 2.24) is 9.80 Å². The van der Waals surface area contributed by atoms with E-state index >= 15 is 0 Å². The maximum atomic E-state index is 2.85. The Morgan fingerprint density at radius 3 is 0.912 bits per heavy atom. The van der Waals surface area contributed by atoms with E-state index in [0.29, 0.717) is 11.1 Å². The van der Waals surface area contributed by atoms with Crippen LogP contribution in [0.5, 0.6) is 0 Å². The second kappa shape index (κ2) is 10.00. The van der Waals surface area contributed by atoms with Crippen molar-refractivity contribution in [1.29, 1.82) is 0 Å². The molecule has 8 aliphatic carbocycles. The zero-order valence-electron chi connectivity index (χ0n) is 22.9. The van der Waals surface area contributed by atoms with Gasteiger partial charge in [-0.3, -0.25) is 0 Å². The van der Waals surface area contributed by atoms with Crippen molar-refractivity contribution in [2.75, 3.05) is 27.2 Å². The van der Waals surface area contributed by atoms with Gasteiger partial charge in [0.1, 0.15) is 0 Å². The Labute approximate surface area is 212 Å². The summed E-state index contributed by atoms with van der Waals surface area (Å²) in [6.07, 6.45) is 30.4. The highest BCUT2D eigenvalue weighted by atomic mass is 15.2. The highest BCUT2D eigenvalue weighted by molar-refractivity contribution is 5.08. The van der Waals surface area contributed by atoms with Crippen molar-refractivity contribution in [2.45, 2.75) is 139 Å². The van der Waals surface area contributed by atoms with E-state index in [-0.39, 0.29) is 0 Å². The molecule has 0 atom stereocenters. The molecule has 0 saturated heterocycles. The van der Waals surface area contributed by atoms with Crippen LogP contribution in [0.3, 0.4) is 0 Å². The van der Waals surface area contributed by atoms with Crippen LogP contribution in [-0.4, -0.2) is 48.1 Å². The molecule has 8 aliphatic rings. The van der Waals surface area contributed by atoms with E-state index in [1.54, 1.807) is 38.5 Å². The van der Waals surface area contributed by atoms with Gasteiger partial charge >= 0.3 is 0 Å². The van der Waals surface area contributed by atoms with Gasteiger partial charge < -0.3 is 9.80 Å². The van der Waals surface area contributed by atoms with Crippen LogP contribution in [0.4, 0.5) is 0 Å². The fourth-order valence-electron chi connectivity index (χ4n) is 11.3. The third-order valence-electron chi connectivity index (χ3n) is 12.4. The summed E-state index contributed by atoms with van der Waals surface area (Å²) < 4.78 is 0. The molecule has 0 N–H and O–H groups in total. The maximum absolute atomic E-state index is 2.85. The lowest BCUT2D eigenvalue weighted by Gasteiger charge is -2.60. The van der Waals surface area contributed by atoms with Crippen molar-refractivity contribution in [3.63, 3.8) is 0 Å². The van der Waals surface area contributed by atoms with Gasteiger partial charge in [-0.15, -0.1) is 0 Å². The second-order valence-electron chi connectivity index (χ2n) is 15.0. The molecule has 0 radical (unpaired) electrons. The summed E-state index contributed by atoms with van der Waals surface area (Å²) >= 11 is 0. The molecule has 0 amide bonds. The van der Waals surface area contributed by atoms with Gasteiger partial charge in [-0.1, -0.05) is 38.5 Å². The van der Waals surface area contributed by atoms with Crippen LogP contribution >= 0.6 is 0 Å². The first-order valence-electron chi connectivity index (χ1n) is 15.9. The predicted molar refractivity (Wildman–Crippen MR) is 144 cm³/mol. The Hall–Kier alpha value is -0.0800. The molecule has 0 aromatic heterocycles. The van der Waals surface area contributed by atoms with Crippen molar-refractivity contribution in [2.24, 2.45) is 35.5 Å². The minimum atomic E-state index is 0.623. The number of nitrogens with zero attached hydrogens (tertiary/aromatic N) is 2. The molecule has 0 heterocycles. The highest BCUT2D eigenvalue weighted by Crippen LogP contribution is 2.58. The second-order valence-corrected chi connectivity index (χ2v) is 15.0. The molecule has 8 saturated carbocycles. The Bertz CT molecular complexity index is 554. The first kappa shape index (κ1) is 24.3. The summed E-state index contributed by atoms with van der Waals surface area (Å²) in [6.45, 7) is 2.73. The summed E-state index contributed by atoms with van der Waals surface area (Å²) in [5, 5.41) is 0. The van der Waals surface area contributed by atoms with E-state index in [2.05, 4.69) is 23.9 Å². The Morgan fingerprint density at radius 2 is 0.647 bits per heavy atom. The lowest BCUT2D eigenvalue weighted by molar-refractivity contribution is -0.0794. The summed E-state index contributed by atoms with van der Waals surface area (Å²) in [5.74, 6) is 6.51. The quantitative estimate of drug-likeness (QED) is 0.253. The van der Waals surface area contributed by atoms with Crippen LogP contribution in [0.2, 0.25) is 0 Å². The van der Waals surface area contributed by atoms with Crippen LogP contribution in [0, 0.1) is 35.5 Å². The van der Waals surface area contributed by atoms with Crippen molar-refractivity contribution < 1.29 is 0 Å². The SMILES string of the molecule is CN(CCCCCCCCCCN(C)C12CC3CC(CC(C3)C1)C2)C12CC3CC(CC(C3)C1)C2. The van der Waals surface area contributed by atoms with Gasteiger partial charge in [0.15, 0.2) is 0 Å². The maximum Gasteiger partial charge on any atom is 0.0214 e. The van der Waals surface area contributed by atoms with E-state index in [1.165, 1.54) is 103 Å².